The number of likely N-dealkylation sites (tertiary alicyclic amines) is 5. The van der Waals surface area contributed by atoms with Crippen LogP contribution in [0.2, 0.25) is 0 Å². The summed E-state index contributed by atoms with van der Waals surface area (Å²) in [6, 6.07) is 13.0. The van der Waals surface area contributed by atoms with Crippen molar-refractivity contribution in [2.24, 2.45) is 17.8 Å². The number of hydrogen-bond donors (Lipinski definition) is 1. The number of alkyl carbamates (subject to hydrolysis) is 1. The van der Waals surface area contributed by atoms with Crippen molar-refractivity contribution in [1.29, 1.82) is 0 Å². The molecular weight excluding hydrogens is 849 g/mol. The van der Waals surface area contributed by atoms with E-state index in [2.05, 4.69) is 31.0 Å². The number of ether oxygens (including phenoxy) is 1. The third-order valence-corrected chi connectivity index (χ3v) is 18.4. The number of halogens is 2. The number of amides is 2. The van der Waals surface area contributed by atoms with Crippen molar-refractivity contribution in [2.75, 3.05) is 110 Å². The highest BCUT2D eigenvalue weighted by molar-refractivity contribution is 7.92. The number of nitrogens with one attached hydrogen (secondary N) is 1. The van der Waals surface area contributed by atoms with E-state index in [1.54, 1.807) is 29.2 Å². The normalized spacial score (nSPS) is 26.0. The van der Waals surface area contributed by atoms with Crippen molar-refractivity contribution in [1.82, 2.24) is 29.8 Å². The second-order valence-corrected chi connectivity index (χ2v) is 22.6. The van der Waals surface area contributed by atoms with Gasteiger partial charge in [0.05, 0.1) is 12.0 Å². The summed E-state index contributed by atoms with van der Waals surface area (Å²) in [5.41, 5.74) is 2.44. The number of rotatable bonds is 16. The quantitative estimate of drug-likeness (QED) is 0.211. The lowest BCUT2D eigenvalue weighted by atomic mass is 9.58. The Balaban J connectivity index is 0.834. The van der Waals surface area contributed by atoms with Crippen molar-refractivity contribution in [3.8, 4) is 0 Å². The van der Waals surface area contributed by atoms with E-state index in [9.17, 15) is 22.4 Å². The molecule has 2 aromatic carbocycles. The molecule has 7 fully saturated rings. The van der Waals surface area contributed by atoms with Gasteiger partial charge in [-0.05, 0) is 144 Å². The highest BCUT2D eigenvalue weighted by Gasteiger charge is 2.53. The van der Waals surface area contributed by atoms with E-state index in [-0.39, 0.29) is 42.2 Å². The average Bonchev–Trinajstić information content (AvgIpc) is 3.96. The van der Waals surface area contributed by atoms with Crippen molar-refractivity contribution in [3.63, 3.8) is 0 Å². The van der Waals surface area contributed by atoms with E-state index in [1.807, 2.05) is 29.2 Å². The second kappa shape index (κ2) is 20.3. The third-order valence-electron chi connectivity index (χ3n) is 16.2. The summed E-state index contributed by atoms with van der Waals surface area (Å²) >= 11 is 0. The van der Waals surface area contributed by atoms with Gasteiger partial charge >= 0.3 is 6.09 Å². The molecule has 356 valence electrons. The lowest BCUT2D eigenvalue weighted by molar-refractivity contribution is -0.129. The lowest BCUT2D eigenvalue weighted by Crippen LogP contribution is -2.58. The molecule has 2 aromatic rings. The SMILES string of the molecule is COC(=O)N[C@H]1CCC[C@@H]1C(CN1CCCC1)(c1cccc(F)c1)C1CCN(CC2CN(c3ccc(S(=O)(=O)C4CN(C(=O)/C=C/CN5CCCCC5)C4)c(CN4CC(F)C4)c3)C2)CC1. The number of carbonyl (C=O) groups is 2. The van der Waals surface area contributed by atoms with Crippen LogP contribution < -0.4 is 10.2 Å². The van der Waals surface area contributed by atoms with E-state index < -0.39 is 27.4 Å². The van der Waals surface area contributed by atoms with Gasteiger partial charge in [0, 0.05) is 94.6 Å². The van der Waals surface area contributed by atoms with Gasteiger partial charge in [-0.1, -0.05) is 31.1 Å². The summed E-state index contributed by atoms with van der Waals surface area (Å²) in [5, 5.41) is 2.55. The Morgan fingerprint density at radius 1 is 0.815 bits per heavy atom. The molecule has 7 aliphatic rings. The fraction of sp³-hybridized carbons (Fsp3) is 0.680. The van der Waals surface area contributed by atoms with E-state index in [0.717, 1.165) is 115 Å². The first kappa shape index (κ1) is 46.5. The van der Waals surface area contributed by atoms with Crippen molar-refractivity contribution >= 4 is 27.5 Å². The predicted octanol–water partition coefficient (Wildman–Crippen LogP) is 5.71. The zero-order valence-corrected chi connectivity index (χ0v) is 39.3. The van der Waals surface area contributed by atoms with Gasteiger partial charge < -0.3 is 29.7 Å². The summed E-state index contributed by atoms with van der Waals surface area (Å²) in [4.78, 5) is 39.3. The summed E-state index contributed by atoms with van der Waals surface area (Å²) in [7, 11) is -2.30. The van der Waals surface area contributed by atoms with Crippen LogP contribution in [0, 0.1) is 23.6 Å². The molecule has 6 saturated heterocycles. The topological polar surface area (TPSA) is 109 Å². The first-order valence-corrected chi connectivity index (χ1v) is 26.2. The molecule has 0 radical (unpaired) electrons. The van der Waals surface area contributed by atoms with Crippen molar-refractivity contribution < 1.29 is 31.5 Å². The first-order valence-electron chi connectivity index (χ1n) is 24.7. The molecule has 12 nitrogen and oxygen atoms in total. The van der Waals surface area contributed by atoms with Gasteiger partial charge in [-0.15, -0.1) is 0 Å². The highest BCUT2D eigenvalue weighted by atomic mass is 32.2. The van der Waals surface area contributed by atoms with Crippen LogP contribution >= 0.6 is 0 Å². The van der Waals surface area contributed by atoms with Gasteiger partial charge in [-0.25, -0.2) is 22.0 Å². The maximum Gasteiger partial charge on any atom is 0.407 e. The van der Waals surface area contributed by atoms with Crippen LogP contribution in [0.3, 0.4) is 0 Å². The molecule has 9 rings (SSSR count). The van der Waals surface area contributed by atoms with Gasteiger partial charge in [0.2, 0.25) is 5.91 Å². The minimum atomic E-state index is -3.72. The summed E-state index contributed by atoms with van der Waals surface area (Å²) < 4.78 is 62.5. The Labute approximate surface area is 385 Å². The van der Waals surface area contributed by atoms with Crippen LogP contribution in [0.25, 0.3) is 0 Å². The Hall–Kier alpha value is -3.63. The number of alkyl halides is 1. The number of benzene rings is 2. The molecule has 1 aliphatic carbocycles. The number of anilines is 1. The smallest absolute Gasteiger partial charge is 0.407 e. The van der Waals surface area contributed by atoms with Crippen molar-refractivity contribution in [3.05, 3.63) is 71.6 Å². The Morgan fingerprint density at radius 2 is 1.54 bits per heavy atom. The van der Waals surface area contributed by atoms with Crippen LogP contribution in [0.5, 0.6) is 0 Å². The molecule has 6 aliphatic heterocycles. The molecule has 15 heteroatoms. The van der Waals surface area contributed by atoms with Crippen LogP contribution in [0.4, 0.5) is 19.3 Å². The van der Waals surface area contributed by atoms with Gasteiger partial charge in [0.15, 0.2) is 9.84 Å². The number of sulfone groups is 1. The van der Waals surface area contributed by atoms with Crippen LogP contribution in [-0.4, -0.2) is 168 Å². The van der Waals surface area contributed by atoms with Crippen molar-refractivity contribution in [2.45, 2.75) is 98.5 Å². The molecule has 0 aromatic heterocycles. The van der Waals surface area contributed by atoms with E-state index in [1.165, 1.54) is 39.2 Å². The van der Waals surface area contributed by atoms with E-state index >= 15 is 4.39 Å². The Morgan fingerprint density at radius 3 is 2.25 bits per heavy atom. The fourth-order valence-corrected chi connectivity index (χ4v) is 14.5. The van der Waals surface area contributed by atoms with E-state index in [4.69, 9.17) is 4.74 Å². The number of hydrogen-bond acceptors (Lipinski definition) is 10. The molecule has 0 bridgehead atoms. The highest BCUT2D eigenvalue weighted by Crippen LogP contribution is 2.51. The van der Waals surface area contributed by atoms with Gasteiger partial charge in [-0.3, -0.25) is 14.6 Å². The molecule has 6 heterocycles. The molecule has 3 atom stereocenters. The number of carbonyl (C=O) groups excluding carboxylic acids is 2. The Kier molecular flexibility index (Phi) is 14.5. The third kappa shape index (κ3) is 10.3. The predicted molar refractivity (Wildman–Crippen MR) is 249 cm³/mol. The zero-order valence-electron chi connectivity index (χ0n) is 38.4. The minimum Gasteiger partial charge on any atom is -0.453 e. The number of methoxy groups -OCH3 is 1. The maximum absolute atomic E-state index is 15.2. The van der Waals surface area contributed by atoms with Gasteiger partial charge in [0.25, 0.3) is 0 Å². The summed E-state index contributed by atoms with van der Waals surface area (Å²) in [5.74, 6) is 0.607. The molecule has 0 spiro atoms. The molecule has 65 heavy (non-hydrogen) atoms. The fourth-order valence-electron chi connectivity index (χ4n) is 12.6. The largest absolute Gasteiger partial charge is 0.453 e. The molecule has 1 saturated carbocycles. The monoisotopic (exact) mass is 920 g/mol. The lowest BCUT2D eigenvalue weighted by Gasteiger charge is -2.52. The second-order valence-electron chi connectivity index (χ2n) is 20.4. The van der Waals surface area contributed by atoms with Crippen LogP contribution in [0.15, 0.2) is 59.5 Å². The molecular formula is C50H71F2N7O5S. The number of nitrogens with zero attached hydrogens (tertiary/aromatic N) is 6. The molecule has 1 N–H and O–H groups in total. The van der Waals surface area contributed by atoms with Gasteiger partial charge in [-0.2, -0.15) is 0 Å². The van der Waals surface area contributed by atoms with Crippen LogP contribution in [0.1, 0.15) is 75.3 Å². The number of piperidine rings is 2. The Bertz CT molecular complexity index is 2110. The maximum atomic E-state index is 15.2. The first-order chi connectivity index (χ1) is 31.5. The minimum absolute atomic E-state index is 0.0330. The van der Waals surface area contributed by atoms with Crippen LogP contribution in [-0.2, 0) is 31.3 Å². The standard InChI is InChI=1S/C50H71F2N7O5S/c1-64-49(61)53-46-13-8-12-45(46)50(36-56-21-5-6-22-56,40-10-7-11-41(51)27-40)39-17-24-55(25-18-39)28-37-29-58(30-37)43-15-16-47(38(26-43)31-57-32-42(52)33-57)65(62,63)44-34-59(35-44)48(60)14-9-23-54-19-3-2-4-20-54/h7,9-11,14-16,26-27,37,39,42,44-46H,2-6,8,12-13,17-25,28-36H2,1H3,(H,53,61)/b14-9+/t45-,46-,50?/m0/s1. The summed E-state index contributed by atoms with van der Waals surface area (Å²) in [6.07, 6.45) is 13.1. The van der Waals surface area contributed by atoms with Gasteiger partial charge in [0.1, 0.15) is 17.2 Å². The summed E-state index contributed by atoms with van der Waals surface area (Å²) in [6.45, 7) is 11.8. The zero-order chi connectivity index (χ0) is 45.1. The molecule has 1 unspecified atom stereocenters. The molecule has 2 amide bonds. The van der Waals surface area contributed by atoms with E-state index in [0.29, 0.717) is 41.9 Å². The average molecular weight is 920 g/mol.